The minimum Gasteiger partial charge on any atom is -0.206 e. The Bertz CT molecular complexity index is 657. The van der Waals surface area contributed by atoms with Gasteiger partial charge in [0.05, 0.1) is 3.79 Å². The highest BCUT2D eigenvalue weighted by atomic mass is 79.9. The largest absolute Gasteiger partial charge is 0.252 e. The molecule has 0 saturated heterocycles. The van der Waals surface area contributed by atoms with Crippen LogP contribution >= 0.6 is 38.6 Å². The highest BCUT2D eigenvalue weighted by molar-refractivity contribution is 9.11. The molecule has 2 heterocycles. The molecule has 2 rings (SSSR count). The van der Waals surface area contributed by atoms with Crippen LogP contribution in [0.4, 0.5) is 0 Å². The van der Waals surface area contributed by atoms with E-state index in [0.29, 0.717) is 4.21 Å². The number of hydrogen-bond acceptors (Lipinski definition) is 4. The second-order valence-corrected chi connectivity index (χ2v) is 10.3. The van der Waals surface area contributed by atoms with Gasteiger partial charge in [0.1, 0.15) is 4.21 Å². The lowest BCUT2D eigenvalue weighted by Gasteiger charge is -2.23. The molecule has 1 unspecified atom stereocenters. The van der Waals surface area contributed by atoms with Crippen molar-refractivity contribution in [2.75, 3.05) is 7.05 Å². The number of halogens is 1. The summed E-state index contributed by atoms with van der Waals surface area (Å²) in [5, 5.41) is 2.01. The molecule has 20 heavy (non-hydrogen) atoms. The van der Waals surface area contributed by atoms with Crippen LogP contribution in [0.25, 0.3) is 0 Å². The Morgan fingerprint density at radius 3 is 2.65 bits per heavy atom. The van der Waals surface area contributed by atoms with Crippen molar-refractivity contribution in [3.05, 3.63) is 37.8 Å². The van der Waals surface area contributed by atoms with E-state index in [0.717, 1.165) is 15.8 Å². The van der Waals surface area contributed by atoms with Crippen molar-refractivity contribution in [3.8, 4) is 0 Å². The van der Waals surface area contributed by atoms with Crippen molar-refractivity contribution in [3.63, 3.8) is 0 Å². The molecule has 0 N–H and O–H groups in total. The molecule has 0 aliphatic carbocycles. The summed E-state index contributed by atoms with van der Waals surface area (Å²) in [7, 11) is -1.77. The van der Waals surface area contributed by atoms with Crippen LogP contribution in [0.15, 0.2) is 31.6 Å². The van der Waals surface area contributed by atoms with Crippen LogP contribution in [-0.4, -0.2) is 25.8 Å². The van der Waals surface area contributed by atoms with E-state index >= 15 is 0 Å². The Morgan fingerprint density at radius 1 is 1.45 bits per heavy atom. The third-order valence-corrected chi connectivity index (χ3v) is 8.62. The molecule has 3 nitrogen and oxygen atoms in total. The number of hydrogen-bond donors (Lipinski definition) is 0. The monoisotopic (exact) mass is 393 g/mol. The van der Waals surface area contributed by atoms with Crippen LogP contribution < -0.4 is 0 Å². The van der Waals surface area contributed by atoms with E-state index in [2.05, 4.69) is 15.9 Å². The van der Waals surface area contributed by atoms with E-state index in [4.69, 9.17) is 0 Å². The lowest BCUT2D eigenvalue weighted by molar-refractivity contribution is 0.389. The fraction of sp³-hybridized carbons (Fsp3) is 0.385. The van der Waals surface area contributed by atoms with Gasteiger partial charge >= 0.3 is 0 Å². The van der Waals surface area contributed by atoms with Gasteiger partial charge in [-0.3, -0.25) is 0 Å². The standard InChI is InChI=1S/C13H16BrNO2S3/c1-9-7-12(19-13(9)14)20(16,17)15(3)10(2)8-11-5-4-6-18-11/h4-7,10H,8H2,1-3H3. The highest BCUT2D eigenvalue weighted by Crippen LogP contribution is 2.32. The predicted molar refractivity (Wildman–Crippen MR) is 89.2 cm³/mol. The van der Waals surface area contributed by atoms with Crippen molar-refractivity contribution >= 4 is 48.6 Å². The number of sulfonamides is 1. The first-order valence-corrected chi connectivity index (χ1v) is 10.0. The molecule has 1 atom stereocenters. The number of likely N-dealkylation sites (N-methyl/N-ethyl adjacent to an activating group) is 1. The number of rotatable bonds is 5. The Kier molecular flexibility index (Phi) is 5.07. The molecule has 0 radical (unpaired) electrons. The molecule has 0 amide bonds. The maximum absolute atomic E-state index is 12.6. The van der Waals surface area contributed by atoms with Crippen LogP contribution in [0.3, 0.4) is 0 Å². The average molecular weight is 394 g/mol. The van der Waals surface area contributed by atoms with Crippen molar-refractivity contribution in [1.29, 1.82) is 0 Å². The molecule has 2 aromatic rings. The molecule has 0 fully saturated rings. The zero-order valence-corrected chi connectivity index (χ0v) is 15.5. The Hall–Kier alpha value is -0.210. The van der Waals surface area contributed by atoms with Crippen LogP contribution in [0.5, 0.6) is 0 Å². The van der Waals surface area contributed by atoms with Gasteiger partial charge in [-0.15, -0.1) is 22.7 Å². The summed E-state index contributed by atoms with van der Waals surface area (Å²) in [6.07, 6.45) is 0.735. The smallest absolute Gasteiger partial charge is 0.206 e. The van der Waals surface area contributed by atoms with E-state index in [1.54, 1.807) is 24.5 Å². The minimum absolute atomic E-state index is 0.0696. The third kappa shape index (κ3) is 3.33. The van der Waals surface area contributed by atoms with Gasteiger partial charge in [-0.05, 0) is 59.3 Å². The first-order valence-electron chi connectivity index (χ1n) is 6.08. The first-order chi connectivity index (χ1) is 9.32. The maximum Gasteiger partial charge on any atom is 0.252 e. The predicted octanol–water partition coefficient (Wildman–Crippen LogP) is 4.13. The zero-order valence-electron chi connectivity index (χ0n) is 11.5. The Balaban J connectivity index is 2.20. The summed E-state index contributed by atoms with van der Waals surface area (Å²) in [6, 6.07) is 5.67. The fourth-order valence-electron chi connectivity index (χ4n) is 1.79. The van der Waals surface area contributed by atoms with Crippen molar-refractivity contribution < 1.29 is 8.42 Å². The van der Waals surface area contributed by atoms with Crippen LogP contribution in [0.2, 0.25) is 0 Å². The molecular weight excluding hydrogens is 378 g/mol. The second kappa shape index (κ2) is 6.27. The van der Waals surface area contributed by atoms with Crippen molar-refractivity contribution in [2.24, 2.45) is 0 Å². The molecule has 0 aliphatic rings. The van der Waals surface area contributed by atoms with Gasteiger partial charge in [0, 0.05) is 18.0 Å². The van der Waals surface area contributed by atoms with E-state index < -0.39 is 10.0 Å². The lowest BCUT2D eigenvalue weighted by atomic mass is 10.2. The molecule has 7 heteroatoms. The van der Waals surface area contributed by atoms with E-state index in [1.165, 1.54) is 20.5 Å². The van der Waals surface area contributed by atoms with E-state index in [9.17, 15) is 8.42 Å². The van der Waals surface area contributed by atoms with Gasteiger partial charge in [-0.25, -0.2) is 8.42 Å². The van der Waals surface area contributed by atoms with Crippen LogP contribution in [0.1, 0.15) is 17.4 Å². The Labute approximate surface area is 136 Å². The van der Waals surface area contributed by atoms with Gasteiger partial charge < -0.3 is 0 Å². The van der Waals surface area contributed by atoms with Gasteiger partial charge in [-0.1, -0.05) is 6.07 Å². The topological polar surface area (TPSA) is 37.4 Å². The van der Waals surface area contributed by atoms with Crippen LogP contribution in [-0.2, 0) is 16.4 Å². The summed E-state index contributed by atoms with van der Waals surface area (Å²) in [5.74, 6) is 0. The van der Waals surface area contributed by atoms with Gasteiger partial charge in [0.15, 0.2) is 0 Å². The number of aryl methyl sites for hydroxylation is 1. The number of thiophene rings is 2. The fourth-order valence-corrected chi connectivity index (χ4v) is 6.39. The second-order valence-electron chi connectivity index (χ2n) is 4.68. The quantitative estimate of drug-likeness (QED) is 0.765. The summed E-state index contributed by atoms with van der Waals surface area (Å²) in [6.45, 7) is 3.83. The van der Waals surface area contributed by atoms with Crippen LogP contribution in [0, 0.1) is 6.92 Å². The maximum atomic E-state index is 12.6. The van der Waals surface area contributed by atoms with Gasteiger partial charge in [0.2, 0.25) is 0 Å². The summed E-state index contributed by atoms with van der Waals surface area (Å²) < 4.78 is 27.9. The molecule has 0 aliphatic heterocycles. The van der Waals surface area contributed by atoms with Gasteiger partial charge in [-0.2, -0.15) is 4.31 Å². The van der Waals surface area contributed by atoms with E-state index in [1.807, 2.05) is 31.4 Å². The molecule has 0 saturated carbocycles. The molecule has 110 valence electrons. The molecular formula is C13H16BrNO2S3. The molecule has 0 spiro atoms. The zero-order chi connectivity index (χ0) is 14.9. The van der Waals surface area contributed by atoms with E-state index in [-0.39, 0.29) is 6.04 Å². The molecule has 0 bridgehead atoms. The Morgan fingerprint density at radius 2 is 2.15 bits per heavy atom. The van der Waals surface area contributed by atoms with Gasteiger partial charge in [0.25, 0.3) is 10.0 Å². The minimum atomic E-state index is -3.42. The lowest BCUT2D eigenvalue weighted by Crippen LogP contribution is -2.35. The molecule has 0 aromatic carbocycles. The third-order valence-electron chi connectivity index (χ3n) is 3.17. The SMILES string of the molecule is Cc1cc(S(=O)(=O)N(C)C(C)Cc2cccs2)sc1Br. The molecule has 2 aromatic heterocycles. The first kappa shape index (κ1) is 16.2. The normalized spacial score (nSPS) is 13.8. The van der Waals surface area contributed by atoms with Crippen molar-refractivity contribution in [2.45, 2.75) is 30.5 Å². The van der Waals surface area contributed by atoms with Crippen molar-refractivity contribution in [1.82, 2.24) is 4.31 Å². The average Bonchev–Trinajstić information content (AvgIpc) is 2.99. The summed E-state index contributed by atoms with van der Waals surface area (Å²) in [4.78, 5) is 1.20. The summed E-state index contributed by atoms with van der Waals surface area (Å²) in [5.41, 5.74) is 0.952. The number of nitrogens with zero attached hydrogens (tertiary/aromatic N) is 1. The highest BCUT2D eigenvalue weighted by Gasteiger charge is 2.27. The summed E-state index contributed by atoms with van der Waals surface area (Å²) >= 11 is 6.30.